The van der Waals surface area contributed by atoms with Crippen molar-refractivity contribution in [2.24, 2.45) is 0 Å². The maximum atomic E-state index is 12.1. The molecule has 3 rings (SSSR count). The molecule has 140 valence electrons. The largest absolute Gasteiger partial charge is 0.495 e. The van der Waals surface area contributed by atoms with E-state index >= 15 is 0 Å². The second kappa shape index (κ2) is 7.55. The molecule has 3 N–H and O–H groups in total. The molecule has 26 heavy (non-hydrogen) atoms. The van der Waals surface area contributed by atoms with Crippen LogP contribution >= 0.6 is 0 Å². The summed E-state index contributed by atoms with van der Waals surface area (Å²) in [4.78, 5) is 15.1. The number of aromatic nitrogens is 3. The molecule has 9 heteroatoms. The summed E-state index contributed by atoms with van der Waals surface area (Å²) in [5.74, 6) is 2.45. The van der Waals surface area contributed by atoms with Gasteiger partial charge >= 0.3 is 0 Å². The van der Waals surface area contributed by atoms with Crippen LogP contribution in [0, 0.1) is 0 Å². The second-order valence-corrected chi connectivity index (χ2v) is 8.98. The minimum Gasteiger partial charge on any atom is -0.495 e. The van der Waals surface area contributed by atoms with Crippen LogP contribution in [0.25, 0.3) is 0 Å². The summed E-state index contributed by atoms with van der Waals surface area (Å²) in [5.41, 5.74) is 6.61. The number of hydrogen-bond acceptors (Lipinski definition) is 8. The summed E-state index contributed by atoms with van der Waals surface area (Å²) in [5, 5.41) is 3.13. The molecule has 2 heterocycles. The van der Waals surface area contributed by atoms with E-state index in [1.54, 1.807) is 7.11 Å². The van der Waals surface area contributed by atoms with Crippen molar-refractivity contribution in [1.29, 1.82) is 0 Å². The lowest BCUT2D eigenvalue weighted by atomic mass is 10.2. The molecule has 1 aromatic heterocycles. The number of nitrogen functional groups attached to an aromatic ring is 1. The number of anilines is 3. The van der Waals surface area contributed by atoms with Crippen LogP contribution in [-0.4, -0.2) is 54.8 Å². The normalized spacial score (nSPS) is 19.9. The molecule has 0 unspecified atom stereocenters. The van der Waals surface area contributed by atoms with Crippen molar-refractivity contribution in [3.05, 3.63) is 30.1 Å². The van der Waals surface area contributed by atoms with Crippen LogP contribution in [0.2, 0.25) is 0 Å². The molecular weight excluding hydrogens is 352 g/mol. The fraction of sp³-hybridized carbons (Fsp3) is 0.471. The lowest BCUT2D eigenvalue weighted by Crippen LogP contribution is -2.49. The molecule has 1 saturated heterocycles. The van der Waals surface area contributed by atoms with E-state index < -0.39 is 10.8 Å². The average molecular weight is 376 g/mol. The number of rotatable bonds is 5. The minimum atomic E-state index is -0.814. The lowest BCUT2D eigenvalue weighted by Gasteiger charge is -2.36. The highest BCUT2D eigenvalue weighted by Crippen LogP contribution is 2.26. The van der Waals surface area contributed by atoms with Crippen LogP contribution in [0.4, 0.5) is 17.6 Å². The van der Waals surface area contributed by atoms with E-state index in [0.717, 1.165) is 18.8 Å². The van der Waals surface area contributed by atoms with Crippen LogP contribution in [0.3, 0.4) is 0 Å². The standard InChI is InChI=1S/C17H24N6O2S/c1-17(2)11-23(8-9-26(17)24)10-14-20-15(18)22-16(21-14)19-12-6-4-5-7-13(12)25-3/h4-7H,8-11H2,1-3H3,(H3,18,19,20,21,22)/t26-/m0/s1. The van der Waals surface area contributed by atoms with Gasteiger partial charge < -0.3 is 15.8 Å². The van der Waals surface area contributed by atoms with E-state index in [4.69, 9.17) is 10.5 Å². The molecular formula is C17H24N6O2S. The van der Waals surface area contributed by atoms with Crippen molar-refractivity contribution in [2.75, 3.05) is 37.0 Å². The van der Waals surface area contributed by atoms with Crippen molar-refractivity contribution in [1.82, 2.24) is 19.9 Å². The Hall–Kier alpha value is -2.26. The van der Waals surface area contributed by atoms with Gasteiger partial charge in [-0.1, -0.05) is 12.1 Å². The number of nitrogens with one attached hydrogen (secondary N) is 1. The van der Waals surface area contributed by atoms with E-state index in [1.165, 1.54) is 0 Å². The van der Waals surface area contributed by atoms with Crippen LogP contribution in [0.1, 0.15) is 19.7 Å². The number of nitrogens with zero attached hydrogens (tertiary/aromatic N) is 4. The molecule has 0 amide bonds. The number of ether oxygens (including phenoxy) is 1. The third kappa shape index (κ3) is 4.28. The van der Waals surface area contributed by atoms with E-state index in [2.05, 4.69) is 25.2 Å². The summed E-state index contributed by atoms with van der Waals surface area (Å²) in [6.45, 7) is 6.04. The molecule has 1 fully saturated rings. The average Bonchev–Trinajstić information content (AvgIpc) is 2.58. The molecule has 1 aliphatic rings. The van der Waals surface area contributed by atoms with Gasteiger partial charge in [-0.3, -0.25) is 9.11 Å². The monoisotopic (exact) mass is 376 g/mol. The fourth-order valence-corrected chi connectivity index (χ4v) is 4.25. The summed E-state index contributed by atoms with van der Waals surface area (Å²) in [7, 11) is 0.793. The van der Waals surface area contributed by atoms with Gasteiger partial charge in [-0.2, -0.15) is 15.0 Å². The Labute approximate surface area is 155 Å². The first kappa shape index (κ1) is 18.5. The number of methoxy groups -OCH3 is 1. The van der Waals surface area contributed by atoms with Gasteiger partial charge in [0, 0.05) is 29.6 Å². The third-order valence-electron chi connectivity index (χ3n) is 4.23. The van der Waals surface area contributed by atoms with E-state index in [1.807, 2.05) is 38.1 Å². The maximum absolute atomic E-state index is 12.1. The molecule has 0 radical (unpaired) electrons. The first-order chi connectivity index (χ1) is 12.4. The Bertz CT molecular complexity index is 814. The minimum absolute atomic E-state index is 0.159. The first-order valence-electron chi connectivity index (χ1n) is 8.39. The number of nitrogens with two attached hydrogens (primary N) is 1. The fourth-order valence-electron chi connectivity index (χ4n) is 2.95. The van der Waals surface area contributed by atoms with Gasteiger partial charge in [-0.15, -0.1) is 0 Å². The van der Waals surface area contributed by atoms with Crippen molar-refractivity contribution >= 4 is 28.4 Å². The maximum Gasteiger partial charge on any atom is 0.232 e. The topological polar surface area (TPSA) is 106 Å². The quantitative estimate of drug-likeness (QED) is 0.809. The van der Waals surface area contributed by atoms with Crippen LogP contribution in [0.5, 0.6) is 5.75 Å². The molecule has 8 nitrogen and oxygen atoms in total. The highest BCUT2D eigenvalue weighted by molar-refractivity contribution is 7.86. The van der Waals surface area contributed by atoms with Gasteiger partial charge in [0.2, 0.25) is 11.9 Å². The van der Waals surface area contributed by atoms with E-state index in [9.17, 15) is 4.21 Å². The zero-order valence-corrected chi connectivity index (χ0v) is 16.0. The number of para-hydroxylation sites is 2. The molecule has 0 aliphatic carbocycles. The van der Waals surface area contributed by atoms with Crippen molar-refractivity contribution < 1.29 is 8.95 Å². The predicted octanol–water partition coefficient (Wildman–Crippen LogP) is 1.55. The van der Waals surface area contributed by atoms with Gasteiger partial charge in [0.05, 0.1) is 24.1 Å². The summed E-state index contributed by atoms with van der Waals surface area (Å²) in [6.07, 6.45) is 0. The molecule has 1 aromatic carbocycles. The molecule has 0 saturated carbocycles. The van der Waals surface area contributed by atoms with E-state index in [-0.39, 0.29) is 10.7 Å². The van der Waals surface area contributed by atoms with Gasteiger partial charge in [-0.25, -0.2) is 0 Å². The number of hydrogen-bond donors (Lipinski definition) is 2. The Morgan fingerprint density at radius 3 is 2.81 bits per heavy atom. The number of benzene rings is 1. The highest BCUT2D eigenvalue weighted by atomic mass is 32.2. The summed E-state index contributed by atoms with van der Waals surface area (Å²) >= 11 is 0. The first-order valence-corrected chi connectivity index (χ1v) is 9.70. The van der Waals surface area contributed by atoms with Gasteiger partial charge in [0.15, 0.2) is 0 Å². The SMILES string of the molecule is COc1ccccc1Nc1nc(N)nc(CN2CC[S@](=O)C(C)(C)C2)n1. The highest BCUT2D eigenvalue weighted by Gasteiger charge is 2.33. The molecule has 0 bridgehead atoms. The zero-order chi connectivity index (χ0) is 18.7. The Morgan fingerprint density at radius 1 is 1.31 bits per heavy atom. The second-order valence-electron chi connectivity index (χ2n) is 6.78. The van der Waals surface area contributed by atoms with Crippen LogP contribution in [-0.2, 0) is 17.3 Å². The third-order valence-corrected chi connectivity index (χ3v) is 6.15. The zero-order valence-electron chi connectivity index (χ0n) is 15.2. The van der Waals surface area contributed by atoms with Crippen molar-refractivity contribution in [3.63, 3.8) is 0 Å². The Balaban J connectivity index is 1.77. The van der Waals surface area contributed by atoms with E-state index in [0.29, 0.717) is 29.8 Å². The van der Waals surface area contributed by atoms with Crippen LogP contribution in [0.15, 0.2) is 24.3 Å². The Kier molecular flexibility index (Phi) is 5.38. The molecule has 0 spiro atoms. The predicted molar refractivity (Wildman–Crippen MR) is 103 cm³/mol. The van der Waals surface area contributed by atoms with Gasteiger partial charge in [0.25, 0.3) is 0 Å². The summed E-state index contributed by atoms with van der Waals surface area (Å²) in [6, 6.07) is 7.51. The molecule has 2 aromatic rings. The smallest absolute Gasteiger partial charge is 0.232 e. The lowest BCUT2D eigenvalue weighted by molar-refractivity contribution is 0.242. The molecule has 1 atom stereocenters. The van der Waals surface area contributed by atoms with Gasteiger partial charge in [0.1, 0.15) is 11.6 Å². The van der Waals surface area contributed by atoms with Crippen LogP contribution < -0.4 is 15.8 Å². The Morgan fingerprint density at radius 2 is 2.08 bits per heavy atom. The molecule has 1 aliphatic heterocycles. The summed E-state index contributed by atoms with van der Waals surface area (Å²) < 4.78 is 17.2. The van der Waals surface area contributed by atoms with Gasteiger partial charge in [-0.05, 0) is 26.0 Å². The van der Waals surface area contributed by atoms with Crippen molar-refractivity contribution in [2.45, 2.75) is 25.1 Å². The van der Waals surface area contributed by atoms with Crippen molar-refractivity contribution in [3.8, 4) is 5.75 Å².